The van der Waals surface area contributed by atoms with Crippen LogP contribution >= 0.6 is 0 Å². The standard InChI is InChI=1S/C44H39N3O5/c1-28-10-9-11-30(22-28)27-52-39-17-16-29(24-40(39)51-2)23-38-42(48)45-44(50)47(43(38)49)33-25-36-34(31-12-5-3-6-13-31)18-20-46-21-19-35(37(26-33)41(36)46)32-14-7-4-8-15-32/h3-17,22-26,34-35H,18-21,27H2,1-2H3,(H,45,48,50)/b38-23+/t34-,35-/m0/s1. The summed E-state index contributed by atoms with van der Waals surface area (Å²) in [5.41, 5.74) is 8.73. The summed E-state index contributed by atoms with van der Waals surface area (Å²) in [5, 5.41) is 2.43. The number of urea groups is 1. The Hall–Kier alpha value is -6.15. The van der Waals surface area contributed by atoms with Gasteiger partial charge in [-0.2, -0.15) is 0 Å². The maximum absolute atomic E-state index is 14.3. The van der Waals surface area contributed by atoms with E-state index in [1.165, 1.54) is 22.9 Å². The maximum atomic E-state index is 14.3. The van der Waals surface area contributed by atoms with Crippen LogP contribution in [0.3, 0.4) is 0 Å². The third-order valence-corrected chi connectivity index (χ3v) is 10.3. The minimum atomic E-state index is -0.771. The number of benzene rings is 5. The highest BCUT2D eigenvalue weighted by atomic mass is 16.5. The van der Waals surface area contributed by atoms with Gasteiger partial charge in [0.15, 0.2) is 11.5 Å². The molecule has 8 nitrogen and oxygen atoms in total. The number of carbonyl (C=O) groups is 3. The summed E-state index contributed by atoms with van der Waals surface area (Å²) in [5.74, 6) is -0.287. The van der Waals surface area contributed by atoms with E-state index in [0.29, 0.717) is 29.4 Å². The van der Waals surface area contributed by atoms with Crippen molar-refractivity contribution in [3.8, 4) is 11.5 Å². The first kappa shape index (κ1) is 33.0. The van der Waals surface area contributed by atoms with E-state index in [0.717, 1.165) is 53.1 Å². The number of imide groups is 2. The van der Waals surface area contributed by atoms with E-state index in [4.69, 9.17) is 9.47 Å². The average molecular weight is 690 g/mol. The van der Waals surface area contributed by atoms with Gasteiger partial charge in [-0.1, -0.05) is 96.6 Å². The van der Waals surface area contributed by atoms with Crippen LogP contribution < -0.4 is 24.6 Å². The fraction of sp³-hybridized carbons (Fsp3) is 0.205. The first-order valence-corrected chi connectivity index (χ1v) is 17.7. The first-order chi connectivity index (χ1) is 25.4. The van der Waals surface area contributed by atoms with Crippen LogP contribution in [0.5, 0.6) is 11.5 Å². The van der Waals surface area contributed by atoms with E-state index in [9.17, 15) is 14.4 Å². The van der Waals surface area contributed by atoms with Crippen LogP contribution in [0.2, 0.25) is 0 Å². The summed E-state index contributed by atoms with van der Waals surface area (Å²) in [4.78, 5) is 44.8. The zero-order chi connectivity index (χ0) is 35.8. The number of amides is 4. The van der Waals surface area contributed by atoms with E-state index in [1.54, 1.807) is 25.3 Å². The van der Waals surface area contributed by atoms with Gasteiger partial charge in [0, 0.05) is 30.6 Å². The number of methoxy groups -OCH3 is 1. The number of aryl methyl sites for hydroxylation is 1. The number of rotatable bonds is 8. The molecule has 0 unspecified atom stereocenters. The van der Waals surface area contributed by atoms with Crippen molar-refractivity contribution in [2.45, 2.75) is 38.2 Å². The van der Waals surface area contributed by atoms with Crippen LogP contribution in [-0.4, -0.2) is 38.0 Å². The molecule has 3 aliphatic heterocycles. The predicted molar refractivity (Wildman–Crippen MR) is 202 cm³/mol. The van der Waals surface area contributed by atoms with Crippen LogP contribution in [0.25, 0.3) is 6.08 Å². The quantitative estimate of drug-likeness (QED) is 0.131. The van der Waals surface area contributed by atoms with Crippen molar-refractivity contribution in [3.05, 3.63) is 160 Å². The number of hydrogen-bond acceptors (Lipinski definition) is 6. The third-order valence-electron chi connectivity index (χ3n) is 10.3. The number of barbiturate groups is 1. The minimum Gasteiger partial charge on any atom is -0.493 e. The summed E-state index contributed by atoms with van der Waals surface area (Å²) in [6.07, 6.45) is 3.31. The van der Waals surface area contributed by atoms with Crippen LogP contribution in [-0.2, 0) is 16.2 Å². The molecule has 1 N–H and O–H groups in total. The van der Waals surface area contributed by atoms with Crippen LogP contribution in [0.4, 0.5) is 16.2 Å². The first-order valence-electron chi connectivity index (χ1n) is 17.7. The molecule has 8 rings (SSSR count). The molecule has 3 heterocycles. The molecular formula is C44H39N3O5. The van der Waals surface area contributed by atoms with Crippen molar-refractivity contribution in [1.82, 2.24) is 5.32 Å². The Morgan fingerprint density at radius 3 is 2.02 bits per heavy atom. The molecule has 5 aromatic rings. The Morgan fingerprint density at radius 1 is 0.750 bits per heavy atom. The van der Waals surface area contributed by atoms with Gasteiger partial charge in [0.1, 0.15) is 12.2 Å². The lowest BCUT2D eigenvalue weighted by Crippen LogP contribution is -2.54. The normalized spacial score (nSPS) is 19.0. The lowest BCUT2D eigenvalue weighted by atomic mass is 9.76. The van der Waals surface area contributed by atoms with Crippen molar-refractivity contribution in [1.29, 1.82) is 0 Å². The monoisotopic (exact) mass is 689 g/mol. The Labute approximate surface area is 303 Å². The molecule has 2 atom stereocenters. The summed E-state index contributed by atoms with van der Waals surface area (Å²) in [7, 11) is 1.54. The van der Waals surface area contributed by atoms with Crippen molar-refractivity contribution >= 4 is 35.3 Å². The van der Waals surface area contributed by atoms with Gasteiger partial charge < -0.3 is 14.4 Å². The summed E-state index contributed by atoms with van der Waals surface area (Å²) >= 11 is 0. The molecule has 260 valence electrons. The van der Waals surface area contributed by atoms with Gasteiger partial charge in [-0.25, -0.2) is 9.69 Å². The molecule has 0 aromatic heterocycles. The zero-order valence-electron chi connectivity index (χ0n) is 29.2. The fourth-order valence-corrected chi connectivity index (χ4v) is 7.88. The average Bonchev–Trinajstić information content (AvgIpc) is 3.16. The van der Waals surface area contributed by atoms with Crippen LogP contribution in [0.1, 0.15) is 63.6 Å². The molecule has 52 heavy (non-hydrogen) atoms. The van der Waals surface area contributed by atoms with Crippen LogP contribution in [0.15, 0.2) is 121 Å². The van der Waals surface area contributed by atoms with Crippen molar-refractivity contribution in [3.63, 3.8) is 0 Å². The Morgan fingerprint density at radius 2 is 1.40 bits per heavy atom. The highest BCUT2D eigenvalue weighted by molar-refractivity contribution is 6.39. The lowest BCUT2D eigenvalue weighted by Gasteiger charge is -2.44. The Balaban J connectivity index is 1.17. The molecule has 0 bridgehead atoms. The van der Waals surface area contributed by atoms with E-state index >= 15 is 0 Å². The zero-order valence-corrected chi connectivity index (χ0v) is 29.2. The molecule has 1 fully saturated rings. The molecule has 0 aliphatic carbocycles. The molecular weight excluding hydrogens is 651 g/mol. The fourth-order valence-electron chi connectivity index (χ4n) is 7.88. The van der Waals surface area contributed by atoms with E-state index in [-0.39, 0.29) is 17.4 Å². The minimum absolute atomic E-state index is 0.0828. The molecule has 1 saturated heterocycles. The molecule has 0 saturated carbocycles. The SMILES string of the molecule is COc1cc(/C=C2\C(=O)NC(=O)N(c3cc4c5c(c3)[C@H](c3ccccc3)CCN5CC[C@H]4c3ccccc3)C2=O)ccc1OCc1cccc(C)c1. The van der Waals surface area contributed by atoms with E-state index in [2.05, 4.69) is 40.5 Å². The second kappa shape index (κ2) is 13.9. The number of anilines is 2. The highest BCUT2D eigenvalue weighted by Gasteiger charge is 2.40. The van der Waals surface area contributed by atoms with Crippen molar-refractivity contribution in [2.24, 2.45) is 0 Å². The summed E-state index contributed by atoms with van der Waals surface area (Å²) in [6.45, 7) is 4.23. The summed E-state index contributed by atoms with van der Waals surface area (Å²) < 4.78 is 11.7. The number of hydrogen-bond donors (Lipinski definition) is 1. The van der Waals surface area contributed by atoms with E-state index < -0.39 is 17.8 Å². The van der Waals surface area contributed by atoms with Gasteiger partial charge in [-0.05, 0) is 83.5 Å². The third kappa shape index (κ3) is 6.21. The molecule has 5 aromatic carbocycles. The largest absolute Gasteiger partial charge is 0.493 e. The van der Waals surface area contributed by atoms with Gasteiger partial charge in [0.05, 0.1) is 12.8 Å². The second-order valence-corrected chi connectivity index (χ2v) is 13.6. The smallest absolute Gasteiger partial charge is 0.335 e. The van der Waals surface area contributed by atoms with E-state index in [1.807, 2.05) is 73.7 Å². The lowest BCUT2D eigenvalue weighted by molar-refractivity contribution is -0.122. The van der Waals surface area contributed by atoms with Crippen molar-refractivity contribution in [2.75, 3.05) is 30.0 Å². The topological polar surface area (TPSA) is 88.2 Å². The predicted octanol–water partition coefficient (Wildman–Crippen LogP) is 8.13. The number of ether oxygens (including phenoxy) is 2. The molecule has 3 aliphatic rings. The molecule has 0 radical (unpaired) electrons. The molecule has 0 spiro atoms. The summed E-state index contributed by atoms with van der Waals surface area (Å²) in [6, 6.07) is 37.3. The molecule has 8 heteroatoms. The van der Waals surface area contributed by atoms with Gasteiger partial charge in [0.2, 0.25) is 0 Å². The van der Waals surface area contributed by atoms with Gasteiger partial charge in [-0.15, -0.1) is 0 Å². The Kier molecular flexibility index (Phi) is 8.81. The number of nitrogens with one attached hydrogen (secondary N) is 1. The second-order valence-electron chi connectivity index (χ2n) is 13.6. The maximum Gasteiger partial charge on any atom is 0.335 e. The highest BCUT2D eigenvalue weighted by Crippen LogP contribution is 2.50. The van der Waals surface area contributed by atoms with Gasteiger partial charge >= 0.3 is 6.03 Å². The van der Waals surface area contributed by atoms with Crippen molar-refractivity contribution < 1.29 is 23.9 Å². The van der Waals surface area contributed by atoms with Crippen LogP contribution in [0, 0.1) is 6.92 Å². The van der Waals surface area contributed by atoms with Gasteiger partial charge in [-0.3, -0.25) is 14.9 Å². The Bertz CT molecular complexity index is 2140. The molecule has 4 amide bonds. The number of nitrogens with zero attached hydrogens (tertiary/aromatic N) is 2. The van der Waals surface area contributed by atoms with Gasteiger partial charge in [0.25, 0.3) is 11.8 Å². The number of carbonyl (C=O) groups excluding carboxylic acids is 3.